The minimum atomic E-state index is -0.345. The molecule has 1 aliphatic heterocycles. The Morgan fingerprint density at radius 3 is 2.40 bits per heavy atom. The van der Waals surface area contributed by atoms with Crippen molar-refractivity contribution in [1.29, 1.82) is 0 Å². The maximum Gasteiger partial charge on any atom is 0.166 e. The van der Waals surface area contributed by atoms with E-state index in [-0.39, 0.29) is 5.79 Å². The van der Waals surface area contributed by atoms with Crippen LogP contribution in [-0.4, -0.2) is 31.6 Å². The Kier molecular flexibility index (Phi) is 5.03. The van der Waals surface area contributed by atoms with Crippen molar-refractivity contribution in [1.82, 2.24) is 5.32 Å². The highest BCUT2D eigenvalue weighted by Crippen LogP contribution is 2.21. The highest BCUT2D eigenvalue weighted by molar-refractivity contribution is 4.72. The summed E-state index contributed by atoms with van der Waals surface area (Å²) in [4.78, 5) is 0. The molecule has 0 aromatic heterocycles. The van der Waals surface area contributed by atoms with Gasteiger partial charge < -0.3 is 14.8 Å². The molecule has 0 radical (unpaired) electrons. The first kappa shape index (κ1) is 12.9. The molecule has 1 fully saturated rings. The summed E-state index contributed by atoms with van der Waals surface area (Å²) in [6.45, 7) is 11.2. The minimum absolute atomic E-state index is 0.345. The molecule has 15 heavy (non-hydrogen) atoms. The van der Waals surface area contributed by atoms with Gasteiger partial charge in [0.1, 0.15) is 0 Å². The van der Waals surface area contributed by atoms with Gasteiger partial charge in [-0.05, 0) is 19.8 Å². The summed E-state index contributed by atoms with van der Waals surface area (Å²) in [5, 5.41) is 3.53. The molecule has 1 N–H and O–H groups in total. The fourth-order valence-electron chi connectivity index (χ4n) is 1.78. The molecule has 0 spiro atoms. The van der Waals surface area contributed by atoms with Crippen LogP contribution < -0.4 is 5.32 Å². The van der Waals surface area contributed by atoms with Gasteiger partial charge in [-0.15, -0.1) is 0 Å². The first-order chi connectivity index (χ1) is 7.07. The second kappa shape index (κ2) is 5.83. The van der Waals surface area contributed by atoms with Gasteiger partial charge in [0.25, 0.3) is 0 Å². The second-order valence-corrected chi connectivity index (χ2v) is 4.71. The standard InChI is InChI=1S/C12H25NO2/c1-5-10(2)11(3)13-7-6-12(4)14-8-9-15-12/h10-11,13H,5-9H2,1-4H3. The lowest BCUT2D eigenvalue weighted by Gasteiger charge is -2.25. The quantitative estimate of drug-likeness (QED) is 0.736. The molecule has 3 nitrogen and oxygen atoms in total. The maximum absolute atomic E-state index is 5.55. The zero-order valence-electron chi connectivity index (χ0n) is 10.5. The molecule has 0 amide bonds. The van der Waals surface area contributed by atoms with Crippen LogP contribution in [0, 0.1) is 5.92 Å². The van der Waals surface area contributed by atoms with E-state index >= 15 is 0 Å². The highest BCUT2D eigenvalue weighted by atomic mass is 16.7. The zero-order chi connectivity index (χ0) is 11.3. The van der Waals surface area contributed by atoms with Crippen LogP contribution in [0.2, 0.25) is 0 Å². The number of nitrogens with one attached hydrogen (secondary N) is 1. The summed E-state index contributed by atoms with van der Waals surface area (Å²) in [7, 11) is 0. The van der Waals surface area contributed by atoms with Crippen molar-refractivity contribution in [3.8, 4) is 0 Å². The Morgan fingerprint density at radius 2 is 1.87 bits per heavy atom. The average Bonchev–Trinajstić information content (AvgIpc) is 2.64. The third kappa shape index (κ3) is 4.09. The van der Waals surface area contributed by atoms with Crippen molar-refractivity contribution in [2.75, 3.05) is 19.8 Å². The van der Waals surface area contributed by atoms with Gasteiger partial charge in [0.05, 0.1) is 13.2 Å². The molecule has 3 heteroatoms. The Labute approximate surface area is 93.5 Å². The number of ether oxygens (including phenoxy) is 2. The van der Waals surface area contributed by atoms with E-state index in [1.54, 1.807) is 0 Å². The first-order valence-corrected chi connectivity index (χ1v) is 6.08. The van der Waals surface area contributed by atoms with Crippen molar-refractivity contribution in [3.63, 3.8) is 0 Å². The SMILES string of the molecule is CCC(C)C(C)NCCC1(C)OCCO1. The van der Waals surface area contributed by atoms with E-state index in [2.05, 4.69) is 26.1 Å². The number of rotatable bonds is 6. The normalized spacial score (nSPS) is 24.0. The van der Waals surface area contributed by atoms with Gasteiger partial charge in [-0.25, -0.2) is 0 Å². The Morgan fingerprint density at radius 1 is 1.27 bits per heavy atom. The smallest absolute Gasteiger partial charge is 0.166 e. The van der Waals surface area contributed by atoms with Crippen LogP contribution in [-0.2, 0) is 9.47 Å². The van der Waals surface area contributed by atoms with Gasteiger partial charge in [0.15, 0.2) is 5.79 Å². The minimum Gasteiger partial charge on any atom is -0.348 e. The van der Waals surface area contributed by atoms with E-state index in [4.69, 9.17) is 9.47 Å². The van der Waals surface area contributed by atoms with E-state index in [0.29, 0.717) is 6.04 Å². The van der Waals surface area contributed by atoms with E-state index < -0.39 is 0 Å². The van der Waals surface area contributed by atoms with Gasteiger partial charge in [-0.2, -0.15) is 0 Å². The molecule has 0 bridgehead atoms. The summed E-state index contributed by atoms with van der Waals surface area (Å²) in [6, 6.07) is 0.569. The van der Waals surface area contributed by atoms with Gasteiger partial charge in [-0.3, -0.25) is 0 Å². The molecule has 90 valence electrons. The lowest BCUT2D eigenvalue weighted by molar-refractivity contribution is -0.145. The molecule has 0 saturated carbocycles. The van der Waals surface area contributed by atoms with Gasteiger partial charge >= 0.3 is 0 Å². The van der Waals surface area contributed by atoms with Gasteiger partial charge in [0.2, 0.25) is 0 Å². The van der Waals surface area contributed by atoms with E-state index in [1.807, 2.05) is 6.92 Å². The molecule has 0 aliphatic carbocycles. The summed E-state index contributed by atoms with van der Waals surface area (Å²) in [5.74, 6) is 0.380. The van der Waals surface area contributed by atoms with Crippen molar-refractivity contribution in [2.24, 2.45) is 5.92 Å². The monoisotopic (exact) mass is 215 g/mol. The van der Waals surface area contributed by atoms with Crippen LogP contribution >= 0.6 is 0 Å². The van der Waals surface area contributed by atoms with E-state index in [9.17, 15) is 0 Å². The highest BCUT2D eigenvalue weighted by Gasteiger charge is 2.30. The zero-order valence-corrected chi connectivity index (χ0v) is 10.5. The van der Waals surface area contributed by atoms with E-state index in [1.165, 1.54) is 6.42 Å². The molecule has 2 atom stereocenters. The molecule has 1 rings (SSSR count). The largest absolute Gasteiger partial charge is 0.348 e. The molecule has 1 aliphatic rings. The van der Waals surface area contributed by atoms with Crippen LogP contribution in [0.4, 0.5) is 0 Å². The summed E-state index contributed by atoms with van der Waals surface area (Å²) in [6.07, 6.45) is 2.15. The number of hydrogen-bond donors (Lipinski definition) is 1. The molecule has 0 aromatic carbocycles. The van der Waals surface area contributed by atoms with Crippen molar-refractivity contribution in [2.45, 2.75) is 52.4 Å². The molecule has 1 saturated heterocycles. The lowest BCUT2D eigenvalue weighted by Crippen LogP contribution is -2.37. The van der Waals surface area contributed by atoms with Crippen LogP contribution in [0.25, 0.3) is 0 Å². The molecule has 1 heterocycles. The van der Waals surface area contributed by atoms with Crippen molar-refractivity contribution in [3.05, 3.63) is 0 Å². The molecule has 0 aromatic rings. The fourth-order valence-corrected chi connectivity index (χ4v) is 1.78. The van der Waals surface area contributed by atoms with Crippen molar-refractivity contribution >= 4 is 0 Å². The van der Waals surface area contributed by atoms with Crippen molar-refractivity contribution < 1.29 is 9.47 Å². The lowest BCUT2D eigenvalue weighted by atomic mass is 10.0. The Hall–Kier alpha value is -0.120. The maximum atomic E-state index is 5.55. The van der Waals surface area contributed by atoms with E-state index in [0.717, 1.165) is 32.1 Å². The third-order valence-corrected chi connectivity index (χ3v) is 3.44. The number of hydrogen-bond acceptors (Lipinski definition) is 3. The molecule has 2 unspecified atom stereocenters. The first-order valence-electron chi connectivity index (χ1n) is 6.08. The molecular weight excluding hydrogens is 190 g/mol. The fraction of sp³-hybridized carbons (Fsp3) is 1.00. The predicted octanol–water partition coefficient (Wildman–Crippen LogP) is 2.16. The third-order valence-electron chi connectivity index (χ3n) is 3.44. The Bertz CT molecular complexity index is 178. The van der Waals surface area contributed by atoms with Gasteiger partial charge in [0, 0.05) is 19.0 Å². The van der Waals surface area contributed by atoms with Crippen LogP contribution in [0.3, 0.4) is 0 Å². The summed E-state index contributed by atoms with van der Waals surface area (Å²) in [5.41, 5.74) is 0. The average molecular weight is 215 g/mol. The van der Waals surface area contributed by atoms with Crippen LogP contribution in [0.1, 0.15) is 40.5 Å². The van der Waals surface area contributed by atoms with Gasteiger partial charge in [-0.1, -0.05) is 20.3 Å². The summed E-state index contributed by atoms with van der Waals surface area (Å²) < 4.78 is 11.1. The second-order valence-electron chi connectivity index (χ2n) is 4.71. The predicted molar refractivity (Wildman–Crippen MR) is 61.8 cm³/mol. The molecular formula is C12H25NO2. The van der Waals surface area contributed by atoms with Crippen LogP contribution in [0.5, 0.6) is 0 Å². The summed E-state index contributed by atoms with van der Waals surface area (Å²) >= 11 is 0. The topological polar surface area (TPSA) is 30.5 Å². The van der Waals surface area contributed by atoms with Crippen LogP contribution in [0.15, 0.2) is 0 Å². The Balaban J connectivity index is 2.15.